The van der Waals surface area contributed by atoms with Gasteiger partial charge in [-0.05, 0) is 63.3 Å². The highest BCUT2D eigenvalue weighted by Gasteiger charge is 2.30. The Labute approximate surface area is 217 Å². The molecule has 1 aromatic heterocycles. The van der Waals surface area contributed by atoms with Gasteiger partial charge in [-0.25, -0.2) is 9.69 Å². The molecule has 1 aromatic carbocycles. The van der Waals surface area contributed by atoms with Gasteiger partial charge in [0.1, 0.15) is 11.4 Å². The number of amides is 2. The Morgan fingerprint density at radius 1 is 1.27 bits per heavy atom. The first-order chi connectivity index (χ1) is 18.0. The highest BCUT2D eigenvalue weighted by Crippen LogP contribution is 2.24. The zero-order chi connectivity index (χ0) is 26.4. The lowest BCUT2D eigenvalue weighted by Crippen LogP contribution is -2.54. The van der Waals surface area contributed by atoms with E-state index in [-0.39, 0.29) is 17.8 Å². The number of benzene rings is 1. The molecule has 2 N–H and O–H groups in total. The molecule has 3 heterocycles. The highest BCUT2D eigenvalue weighted by atomic mass is 16.5. The van der Waals surface area contributed by atoms with Crippen LogP contribution in [0, 0.1) is 18.4 Å². The molecule has 0 aliphatic carbocycles. The molecule has 0 bridgehead atoms. The standard InChI is InChI=1S/C26H34N8O3/c1-19-23(25(26(28)29-17-27)30-34(19)21-6-8-22(37-2)9-7-21)12-14-31(18-35)20-10-15-32(16-11-20)33-13-4-3-5-24(33)36/h6-9,18,20H,3-5,10-16H2,1-2H3,(H2,28,29). The first kappa shape index (κ1) is 26.2. The molecule has 2 amide bonds. The molecule has 0 saturated carbocycles. The lowest BCUT2D eigenvalue weighted by Gasteiger charge is -2.43. The van der Waals surface area contributed by atoms with Crippen molar-refractivity contribution in [3.63, 3.8) is 0 Å². The Kier molecular flexibility index (Phi) is 8.40. The molecular weight excluding hydrogens is 472 g/mol. The summed E-state index contributed by atoms with van der Waals surface area (Å²) in [6, 6.07) is 7.57. The van der Waals surface area contributed by atoms with Crippen LogP contribution in [0.5, 0.6) is 5.75 Å². The first-order valence-corrected chi connectivity index (χ1v) is 12.7. The smallest absolute Gasteiger partial charge is 0.236 e. The van der Waals surface area contributed by atoms with E-state index in [1.165, 1.54) is 0 Å². The van der Waals surface area contributed by atoms with E-state index in [0.717, 1.165) is 74.4 Å². The van der Waals surface area contributed by atoms with Crippen molar-refractivity contribution >= 4 is 18.2 Å². The number of methoxy groups -OCH3 is 1. The number of carbonyl (C=O) groups excluding carboxylic acids is 2. The number of hydrogen-bond donors (Lipinski definition) is 1. The van der Waals surface area contributed by atoms with Crippen LogP contribution in [0.25, 0.3) is 5.69 Å². The maximum atomic E-state index is 12.3. The minimum Gasteiger partial charge on any atom is -0.497 e. The molecule has 2 saturated heterocycles. The molecule has 0 radical (unpaired) electrons. The summed E-state index contributed by atoms with van der Waals surface area (Å²) in [6.07, 6.45) is 7.38. The lowest BCUT2D eigenvalue weighted by atomic mass is 10.0. The van der Waals surface area contributed by atoms with E-state index in [2.05, 4.69) is 15.1 Å². The van der Waals surface area contributed by atoms with Crippen molar-refractivity contribution in [2.75, 3.05) is 33.3 Å². The molecule has 2 fully saturated rings. The van der Waals surface area contributed by atoms with Crippen molar-refractivity contribution < 1.29 is 14.3 Å². The van der Waals surface area contributed by atoms with Crippen LogP contribution in [-0.4, -0.2) is 82.2 Å². The summed E-state index contributed by atoms with van der Waals surface area (Å²) in [6.45, 7) is 4.71. The first-order valence-electron chi connectivity index (χ1n) is 12.7. The zero-order valence-electron chi connectivity index (χ0n) is 21.5. The maximum absolute atomic E-state index is 12.3. The summed E-state index contributed by atoms with van der Waals surface area (Å²) in [7, 11) is 1.61. The van der Waals surface area contributed by atoms with E-state index >= 15 is 0 Å². The van der Waals surface area contributed by atoms with Crippen LogP contribution >= 0.6 is 0 Å². The Morgan fingerprint density at radius 2 is 2.00 bits per heavy atom. The summed E-state index contributed by atoms with van der Waals surface area (Å²) in [5.74, 6) is 0.979. The minimum atomic E-state index is 0.0463. The molecule has 2 aliphatic rings. The Balaban J connectivity index is 1.48. The molecule has 4 rings (SSSR count). The Hall–Kier alpha value is -3.91. The molecular formula is C26H34N8O3. The third kappa shape index (κ3) is 5.75. The average Bonchev–Trinajstić information content (AvgIpc) is 3.26. The summed E-state index contributed by atoms with van der Waals surface area (Å²) in [5.41, 5.74) is 9.07. The molecule has 0 unspecified atom stereocenters. The summed E-state index contributed by atoms with van der Waals surface area (Å²) < 4.78 is 7.02. The van der Waals surface area contributed by atoms with E-state index in [0.29, 0.717) is 25.1 Å². The predicted octanol–water partition coefficient (Wildman–Crippen LogP) is 1.77. The number of amidine groups is 1. The topological polar surface area (TPSA) is 133 Å². The fourth-order valence-electron chi connectivity index (χ4n) is 5.20. The number of rotatable bonds is 9. The lowest BCUT2D eigenvalue weighted by molar-refractivity contribution is -0.156. The van der Waals surface area contributed by atoms with Gasteiger partial charge in [-0.15, -0.1) is 0 Å². The number of nitrogens with two attached hydrogens (primary N) is 1. The van der Waals surface area contributed by atoms with Crippen LogP contribution in [0.1, 0.15) is 49.1 Å². The van der Waals surface area contributed by atoms with Crippen LogP contribution < -0.4 is 10.5 Å². The molecule has 2 aliphatic heterocycles. The fourth-order valence-corrected chi connectivity index (χ4v) is 5.20. The molecule has 11 heteroatoms. The maximum Gasteiger partial charge on any atom is 0.236 e. The van der Waals surface area contributed by atoms with Gasteiger partial charge in [-0.2, -0.15) is 15.4 Å². The Morgan fingerprint density at radius 3 is 2.62 bits per heavy atom. The van der Waals surface area contributed by atoms with E-state index in [4.69, 9.17) is 15.7 Å². The van der Waals surface area contributed by atoms with Crippen LogP contribution in [0.3, 0.4) is 0 Å². The van der Waals surface area contributed by atoms with E-state index in [1.54, 1.807) is 18.0 Å². The van der Waals surface area contributed by atoms with Crippen molar-refractivity contribution in [3.05, 3.63) is 41.2 Å². The molecule has 37 heavy (non-hydrogen) atoms. The molecule has 196 valence electrons. The van der Waals surface area contributed by atoms with E-state index in [1.807, 2.05) is 41.1 Å². The van der Waals surface area contributed by atoms with Crippen molar-refractivity contribution in [1.82, 2.24) is 24.7 Å². The second-order valence-electron chi connectivity index (χ2n) is 9.37. The van der Waals surface area contributed by atoms with E-state index < -0.39 is 0 Å². The van der Waals surface area contributed by atoms with Gasteiger partial charge in [-0.3, -0.25) is 14.6 Å². The van der Waals surface area contributed by atoms with Gasteiger partial charge < -0.3 is 15.4 Å². The number of nitriles is 1. The van der Waals surface area contributed by atoms with Crippen LogP contribution in [0.2, 0.25) is 0 Å². The summed E-state index contributed by atoms with van der Waals surface area (Å²) >= 11 is 0. The van der Waals surface area contributed by atoms with Gasteiger partial charge in [0, 0.05) is 49.9 Å². The Bertz CT molecular complexity index is 1180. The second-order valence-corrected chi connectivity index (χ2v) is 9.37. The zero-order valence-corrected chi connectivity index (χ0v) is 21.5. The number of nitrogens with zero attached hydrogens (tertiary/aromatic N) is 7. The molecule has 2 aromatic rings. The second kappa shape index (κ2) is 11.9. The van der Waals surface area contributed by atoms with E-state index in [9.17, 15) is 9.59 Å². The largest absolute Gasteiger partial charge is 0.497 e. The fraction of sp³-hybridized carbons (Fsp3) is 0.500. The van der Waals surface area contributed by atoms with Crippen molar-refractivity contribution in [2.24, 2.45) is 10.7 Å². The number of hydrazine groups is 1. The highest BCUT2D eigenvalue weighted by molar-refractivity contribution is 5.97. The SMILES string of the molecule is COc1ccc(-n2nc(C(N)=NC#N)c(CCN(C=O)C3CCN(N4CCCCC4=O)CC3)c2C)cc1. The van der Waals surface area contributed by atoms with Crippen LogP contribution in [-0.2, 0) is 16.0 Å². The average molecular weight is 507 g/mol. The van der Waals surface area contributed by atoms with Gasteiger partial charge in [0.15, 0.2) is 5.84 Å². The number of aromatic nitrogens is 2. The predicted molar refractivity (Wildman–Crippen MR) is 138 cm³/mol. The van der Waals surface area contributed by atoms with Crippen LogP contribution in [0.4, 0.5) is 0 Å². The third-order valence-electron chi connectivity index (χ3n) is 7.28. The van der Waals surface area contributed by atoms with Crippen molar-refractivity contribution in [3.8, 4) is 17.6 Å². The van der Waals surface area contributed by atoms with Gasteiger partial charge in [0.05, 0.1) is 12.8 Å². The molecule has 0 spiro atoms. The normalized spacial score (nSPS) is 17.5. The van der Waals surface area contributed by atoms with Gasteiger partial charge in [0.25, 0.3) is 0 Å². The summed E-state index contributed by atoms with van der Waals surface area (Å²) in [5, 5.41) is 17.7. The number of carbonyl (C=O) groups is 2. The molecule has 11 nitrogen and oxygen atoms in total. The monoisotopic (exact) mass is 506 g/mol. The number of piperidine rings is 2. The van der Waals surface area contributed by atoms with Crippen molar-refractivity contribution in [2.45, 2.75) is 51.5 Å². The number of ether oxygens (including phenoxy) is 1. The van der Waals surface area contributed by atoms with Gasteiger partial charge in [-0.1, -0.05) is 0 Å². The van der Waals surface area contributed by atoms with Crippen molar-refractivity contribution in [1.29, 1.82) is 5.26 Å². The quantitative estimate of drug-likeness (QED) is 0.237. The van der Waals surface area contributed by atoms with Gasteiger partial charge in [0.2, 0.25) is 18.5 Å². The molecule has 0 atom stereocenters. The number of hydrogen-bond acceptors (Lipinski definition) is 7. The van der Waals surface area contributed by atoms with Crippen LogP contribution in [0.15, 0.2) is 29.3 Å². The minimum absolute atomic E-state index is 0.0463. The number of aliphatic imine (C=N–C) groups is 1. The third-order valence-corrected chi connectivity index (χ3v) is 7.28. The summed E-state index contributed by atoms with van der Waals surface area (Å²) in [4.78, 5) is 29.9. The van der Waals surface area contributed by atoms with Gasteiger partial charge >= 0.3 is 0 Å².